The van der Waals surface area contributed by atoms with E-state index in [0.717, 1.165) is 37.2 Å². The quantitative estimate of drug-likeness (QED) is 0.870. The topological polar surface area (TPSA) is 38.1 Å². The van der Waals surface area contributed by atoms with Crippen LogP contribution >= 0.6 is 23.2 Å². The van der Waals surface area contributed by atoms with E-state index in [9.17, 15) is 4.79 Å². The lowest BCUT2D eigenvalue weighted by molar-refractivity contribution is 0.637. The molecule has 4 nitrogen and oxygen atoms in total. The highest BCUT2D eigenvalue weighted by Crippen LogP contribution is 2.24. The Morgan fingerprint density at radius 1 is 1.10 bits per heavy atom. The zero-order valence-corrected chi connectivity index (χ0v) is 12.9. The molecule has 3 rings (SSSR count). The lowest BCUT2D eigenvalue weighted by atomic mass is 10.2. The third-order valence-electron chi connectivity index (χ3n) is 3.66. The lowest BCUT2D eigenvalue weighted by Gasteiger charge is -2.18. The van der Waals surface area contributed by atoms with Crippen LogP contribution in [-0.4, -0.2) is 22.9 Å². The third-order valence-corrected chi connectivity index (χ3v) is 4.27. The van der Waals surface area contributed by atoms with E-state index in [-0.39, 0.29) is 10.6 Å². The Hall–Kier alpha value is -1.52. The Morgan fingerprint density at radius 3 is 2.43 bits per heavy atom. The molecule has 1 aromatic carbocycles. The fraction of sp³-hybridized carbons (Fsp3) is 0.333. The van der Waals surface area contributed by atoms with Crippen molar-refractivity contribution in [2.75, 3.05) is 18.0 Å². The second-order valence-corrected chi connectivity index (χ2v) is 5.94. The fourth-order valence-corrected chi connectivity index (χ4v) is 2.90. The van der Waals surface area contributed by atoms with E-state index >= 15 is 0 Å². The number of nitrogens with zero attached hydrogens (tertiary/aromatic N) is 3. The van der Waals surface area contributed by atoms with Crippen molar-refractivity contribution in [3.63, 3.8) is 0 Å². The number of benzene rings is 1. The van der Waals surface area contributed by atoms with E-state index in [1.54, 1.807) is 18.3 Å². The van der Waals surface area contributed by atoms with Gasteiger partial charge in [-0.25, -0.2) is 4.68 Å². The van der Waals surface area contributed by atoms with Gasteiger partial charge in [-0.15, -0.1) is 0 Å². The van der Waals surface area contributed by atoms with E-state index in [0.29, 0.717) is 11.6 Å². The lowest BCUT2D eigenvalue weighted by Crippen LogP contribution is -2.28. The minimum absolute atomic E-state index is 0.251. The molecule has 0 unspecified atom stereocenters. The van der Waals surface area contributed by atoms with Gasteiger partial charge in [0.15, 0.2) is 0 Å². The molecular formula is C15H15Cl2N3O. The summed E-state index contributed by atoms with van der Waals surface area (Å²) in [5.74, 6) is 0. The molecule has 2 aromatic rings. The molecule has 0 saturated carbocycles. The van der Waals surface area contributed by atoms with E-state index in [1.807, 2.05) is 12.1 Å². The molecule has 0 amide bonds. The average Bonchev–Trinajstić information content (AvgIpc) is 3.00. The summed E-state index contributed by atoms with van der Waals surface area (Å²) in [6.07, 6.45) is 3.94. The summed E-state index contributed by atoms with van der Waals surface area (Å²) in [5, 5.41) is 5.17. The van der Waals surface area contributed by atoms with Crippen molar-refractivity contribution >= 4 is 28.9 Å². The zero-order valence-electron chi connectivity index (χ0n) is 11.4. The molecule has 0 radical (unpaired) electrons. The monoisotopic (exact) mass is 323 g/mol. The zero-order chi connectivity index (χ0) is 14.8. The summed E-state index contributed by atoms with van der Waals surface area (Å²) in [5.41, 5.74) is 1.45. The SMILES string of the molecule is O=c1c(Cl)c(N2CCCC2)cnn1Cc1ccc(Cl)cc1. The molecule has 21 heavy (non-hydrogen) atoms. The van der Waals surface area contributed by atoms with Crippen LogP contribution in [0.2, 0.25) is 10.0 Å². The first-order valence-electron chi connectivity index (χ1n) is 6.90. The average molecular weight is 324 g/mol. The highest BCUT2D eigenvalue weighted by atomic mass is 35.5. The number of hydrogen-bond donors (Lipinski definition) is 0. The third kappa shape index (κ3) is 3.06. The second kappa shape index (κ2) is 6.08. The van der Waals surface area contributed by atoms with E-state index in [1.165, 1.54) is 4.68 Å². The van der Waals surface area contributed by atoms with Crippen molar-refractivity contribution in [2.24, 2.45) is 0 Å². The van der Waals surface area contributed by atoms with Gasteiger partial charge in [0, 0.05) is 18.1 Å². The standard InChI is InChI=1S/C15H15Cl2N3O/c16-12-5-3-11(4-6-12)10-20-15(21)14(17)13(9-18-20)19-7-1-2-8-19/h3-6,9H,1-2,7-8,10H2. The minimum Gasteiger partial charge on any atom is -0.369 e. The first-order chi connectivity index (χ1) is 10.1. The molecular weight excluding hydrogens is 309 g/mol. The summed E-state index contributed by atoms with van der Waals surface area (Å²) in [6, 6.07) is 7.34. The van der Waals surface area contributed by atoms with Gasteiger partial charge in [-0.2, -0.15) is 5.10 Å². The maximum Gasteiger partial charge on any atom is 0.287 e. The van der Waals surface area contributed by atoms with E-state index in [4.69, 9.17) is 23.2 Å². The summed E-state index contributed by atoms with van der Waals surface area (Å²) in [4.78, 5) is 14.4. The Labute approximate surface area is 132 Å². The van der Waals surface area contributed by atoms with Crippen LogP contribution in [0.3, 0.4) is 0 Å². The van der Waals surface area contributed by atoms with Gasteiger partial charge < -0.3 is 4.90 Å². The van der Waals surface area contributed by atoms with Crippen LogP contribution in [0, 0.1) is 0 Å². The number of halogens is 2. The summed E-state index contributed by atoms with van der Waals surface area (Å²) >= 11 is 12.1. The number of aromatic nitrogens is 2. The minimum atomic E-state index is -0.254. The Balaban J connectivity index is 1.88. The van der Waals surface area contributed by atoms with Crippen molar-refractivity contribution in [3.05, 3.63) is 56.4 Å². The predicted molar refractivity (Wildman–Crippen MR) is 85.5 cm³/mol. The van der Waals surface area contributed by atoms with Gasteiger partial charge in [-0.05, 0) is 30.5 Å². The smallest absolute Gasteiger partial charge is 0.287 e. The van der Waals surface area contributed by atoms with E-state index in [2.05, 4.69) is 10.00 Å². The molecule has 0 atom stereocenters. The Kier molecular flexibility index (Phi) is 4.17. The van der Waals surface area contributed by atoms with Crippen molar-refractivity contribution < 1.29 is 0 Å². The molecule has 1 saturated heterocycles. The number of anilines is 1. The highest BCUT2D eigenvalue weighted by Gasteiger charge is 2.18. The predicted octanol–water partition coefficient (Wildman–Crippen LogP) is 3.20. The van der Waals surface area contributed by atoms with Gasteiger partial charge in [0.05, 0.1) is 18.4 Å². The highest BCUT2D eigenvalue weighted by molar-refractivity contribution is 6.33. The molecule has 6 heteroatoms. The molecule has 0 bridgehead atoms. The van der Waals surface area contributed by atoms with E-state index < -0.39 is 0 Å². The van der Waals surface area contributed by atoms with Crippen molar-refractivity contribution in [1.82, 2.24) is 9.78 Å². The molecule has 1 aliphatic heterocycles. The van der Waals surface area contributed by atoms with Crippen molar-refractivity contribution in [2.45, 2.75) is 19.4 Å². The Bertz CT molecular complexity index is 691. The van der Waals surface area contributed by atoms with Gasteiger partial charge >= 0.3 is 0 Å². The van der Waals surface area contributed by atoms with Crippen LogP contribution in [0.25, 0.3) is 0 Å². The first-order valence-corrected chi connectivity index (χ1v) is 7.66. The van der Waals surface area contributed by atoms with Crippen LogP contribution in [0.4, 0.5) is 5.69 Å². The number of rotatable bonds is 3. The summed E-state index contributed by atoms with van der Waals surface area (Å²) < 4.78 is 1.38. The second-order valence-electron chi connectivity index (χ2n) is 5.13. The van der Waals surface area contributed by atoms with Gasteiger partial charge in [0.25, 0.3) is 5.56 Å². The molecule has 2 heterocycles. The molecule has 0 aliphatic carbocycles. The summed E-state index contributed by atoms with van der Waals surface area (Å²) in [6.45, 7) is 2.25. The van der Waals surface area contributed by atoms with Crippen LogP contribution in [0.15, 0.2) is 35.3 Å². The maximum atomic E-state index is 12.3. The first kappa shape index (κ1) is 14.4. The normalized spacial score (nSPS) is 14.7. The molecule has 1 aromatic heterocycles. The summed E-state index contributed by atoms with van der Waals surface area (Å²) in [7, 11) is 0. The van der Waals surface area contributed by atoms with Crippen LogP contribution in [-0.2, 0) is 6.54 Å². The van der Waals surface area contributed by atoms with Crippen molar-refractivity contribution in [3.8, 4) is 0 Å². The molecule has 1 fully saturated rings. The largest absolute Gasteiger partial charge is 0.369 e. The fourth-order valence-electron chi connectivity index (χ4n) is 2.51. The molecule has 0 spiro atoms. The molecule has 1 aliphatic rings. The Morgan fingerprint density at radius 2 is 1.76 bits per heavy atom. The van der Waals surface area contributed by atoms with Gasteiger partial charge in [0.2, 0.25) is 0 Å². The molecule has 110 valence electrons. The van der Waals surface area contributed by atoms with Crippen LogP contribution < -0.4 is 10.5 Å². The molecule has 0 N–H and O–H groups in total. The van der Waals surface area contributed by atoms with Gasteiger partial charge in [-0.3, -0.25) is 4.79 Å². The van der Waals surface area contributed by atoms with Crippen molar-refractivity contribution in [1.29, 1.82) is 0 Å². The van der Waals surface area contributed by atoms with Crippen LogP contribution in [0.1, 0.15) is 18.4 Å². The maximum absolute atomic E-state index is 12.3. The van der Waals surface area contributed by atoms with Gasteiger partial charge in [-0.1, -0.05) is 35.3 Å². The van der Waals surface area contributed by atoms with Gasteiger partial charge in [0.1, 0.15) is 5.02 Å². The van der Waals surface area contributed by atoms with Crippen LogP contribution in [0.5, 0.6) is 0 Å². The number of hydrogen-bond acceptors (Lipinski definition) is 3.